The minimum Gasteiger partial charge on any atom is -0.394 e. The Bertz CT molecular complexity index is 415. The van der Waals surface area contributed by atoms with E-state index >= 15 is 0 Å². The summed E-state index contributed by atoms with van der Waals surface area (Å²) in [5, 5.41) is 25.0. The quantitative estimate of drug-likeness (QED) is 0.554. The second kappa shape index (κ2) is 7.22. The number of carbonyl (C=O) groups excluding carboxylic acids is 2. The summed E-state index contributed by atoms with van der Waals surface area (Å²) < 4.78 is 0. The van der Waals surface area contributed by atoms with E-state index in [1.807, 2.05) is 0 Å². The summed E-state index contributed by atoms with van der Waals surface area (Å²) in [6, 6.07) is 3.48. The van der Waals surface area contributed by atoms with Crippen molar-refractivity contribution in [2.75, 3.05) is 19.8 Å². The molecule has 1 rings (SSSR count). The van der Waals surface area contributed by atoms with Gasteiger partial charge in [-0.3, -0.25) is 9.59 Å². The van der Waals surface area contributed by atoms with E-state index in [4.69, 9.17) is 10.2 Å². The zero-order valence-electron chi connectivity index (χ0n) is 10.7. The van der Waals surface area contributed by atoms with Gasteiger partial charge in [-0.05, 0) is 18.4 Å². The summed E-state index contributed by atoms with van der Waals surface area (Å²) in [4.78, 5) is 23.7. The third kappa shape index (κ3) is 4.98. The maximum absolute atomic E-state index is 11.6. The van der Waals surface area contributed by atoms with Crippen molar-refractivity contribution in [1.29, 1.82) is 0 Å². The van der Waals surface area contributed by atoms with E-state index in [9.17, 15) is 9.59 Å². The molecule has 0 saturated heterocycles. The van der Waals surface area contributed by atoms with E-state index in [1.54, 1.807) is 17.5 Å². The molecule has 0 aromatic carbocycles. The van der Waals surface area contributed by atoms with Crippen LogP contribution in [0.4, 0.5) is 0 Å². The molecule has 1 heterocycles. The van der Waals surface area contributed by atoms with Gasteiger partial charge in [0.05, 0.1) is 23.6 Å². The molecule has 19 heavy (non-hydrogen) atoms. The van der Waals surface area contributed by atoms with E-state index in [0.717, 1.165) is 0 Å². The Morgan fingerprint density at radius 3 is 2.58 bits per heavy atom. The number of hydrogen-bond acceptors (Lipinski definition) is 5. The van der Waals surface area contributed by atoms with Crippen LogP contribution in [0.1, 0.15) is 23.0 Å². The molecule has 0 saturated carbocycles. The lowest BCUT2D eigenvalue weighted by Crippen LogP contribution is -2.52. The fourth-order valence-electron chi connectivity index (χ4n) is 1.31. The summed E-state index contributed by atoms with van der Waals surface area (Å²) in [6.45, 7) is 1.04. The largest absolute Gasteiger partial charge is 0.394 e. The highest BCUT2D eigenvalue weighted by Crippen LogP contribution is 2.07. The monoisotopic (exact) mass is 286 g/mol. The highest BCUT2D eigenvalue weighted by Gasteiger charge is 2.24. The number of amides is 2. The zero-order chi connectivity index (χ0) is 14.3. The molecule has 1 aromatic rings. The summed E-state index contributed by atoms with van der Waals surface area (Å²) in [7, 11) is 0. The Balaban J connectivity index is 2.29. The zero-order valence-corrected chi connectivity index (χ0v) is 11.5. The predicted octanol–water partition coefficient (Wildman–Crippen LogP) is -0.272. The topological polar surface area (TPSA) is 98.7 Å². The maximum atomic E-state index is 11.6. The molecule has 0 bridgehead atoms. The lowest BCUT2D eigenvalue weighted by atomic mass is 10.1. The van der Waals surface area contributed by atoms with Gasteiger partial charge in [0, 0.05) is 13.0 Å². The van der Waals surface area contributed by atoms with Crippen molar-refractivity contribution in [3.05, 3.63) is 22.4 Å². The molecule has 0 aliphatic rings. The number of aliphatic hydroxyl groups is 2. The summed E-state index contributed by atoms with van der Waals surface area (Å²) >= 11 is 1.33. The van der Waals surface area contributed by atoms with Crippen molar-refractivity contribution in [1.82, 2.24) is 10.6 Å². The maximum Gasteiger partial charge on any atom is 0.261 e. The molecular weight excluding hydrogens is 268 g/mol. The molecule has 0 radical (unpaired) electrons. The Morgan fingerprint density at radius 2 is 2.05 bits per heavy atom. The minimum atomic E-state index is -1.03. The van der Waals surface area contributed by atoms with Gasteiger partial charge in [-0.25, -0.2) is 0 Å². The lowest BCUT2D eigenvalue weighted by Gasteiger charge is -2.26. The SMILES string of the molecule is CC(CO)(CO)NC(=O)CCNC(=O)c1cccs1. The second-order valence-electron chi connectivity index (χ2n) is 4.41. The van der Waals surface area contributed by atoms with Crippen LogP contribution in [0.5, 0.6) is 0 Å². The van der Waals surface area contributed by atoms with Crippen LogP contribution in [0.25, 0.3) is 0 Å². The third-order valence-corrected chi connectivity index (χ3v) is 3.39. The van der Waals surface area contributed by atoms with Crippen molar-refractivity contribution in [3.8, 4) is 0 Å². The molecule has 106 valence electrons. The van der Waals surface area contributed by atoms with Crippen LogP contribution in [-0.4, -0.2) is 47.3 Å². The third-order valence-electron chi connectivity index (χ3n) is 2.52. The van der Waals surface area contributed by atoms with E-state index in [1.165, 1.54) is 18.3 Å². The number of carbonyl (C=O) groups is 2. The molecule has 0 aliphatic carbocycles. The highest BCUT2D eigenvalue weighted by molar-refractivity contribution is 7.12. The average molecular weight is 286 g/mol. The van der Waals surface area contributed by atoms with Gasteiger partial charge in [0.1, 0.15) is 0 Å². The number of thiophene rings is 1. The van der Waals surface area contributed by atoms with Crippen LogP contribution < -0.4 is 10.6 Å². The molecule has 0 atom stereocenters. The predicted molar refractivity (Wildman–Crippen MR) is 72.0 cm³/mol. The minimum absolute atomic E-state index is 0.0900. The van der Waals surface area contributed by atoms with Crippen molar-refractivity contribution in [3.63, 3.8) is 0 Å². The molecule has 0 aliphatic heterocycles. The molecule has 0 fully saturated rings. The molecule has 1 aromatic heterocycles. The highest BCUT2D eigenvalue weighted by atomic mass is 32.1. The first-order valence-corrected chi connectivity index (χ1v) is 6.73. The fourth-order valence-corrected chi connectivity index (χ4v) is 1.95. The molecule has 6 nitrogen and oxygen atoms in total. The van der Waals surface area contributed by atoms with Crippen molar-refractivity contribution in [2.45, 2.75) is 18.9 Å². The van der Waals surface area contributed by atoms with Crippen molar-refractivity contribution >= 4 is 23.2 Å². The van der Waals surface area contributed by atoms with Crippen LogP contribution in [0.2, 0.25) is 0 Å². The molecule has 7 heteroatoms. The van der Waals surface area contributed by atoms with Crippen LogP contribution in [0, 0.1) is 0 Å². The molecule has 4 N–H and O–H groups in total. The summed E-state index contributed by atoms with van der Waals surface area (Å²) in [5.41, 5.74) is -1.03. The van der Waals surface area contributed by atoms with Gasteiger partial charge in [-0.15, -0.1) is 11.3 Å². The first-order chi connectivity index (χ1) is 9.00. The average Bonchev–Trinajstić information content (AvgIpc) is 2.92. The van der Waals surface area contributed by atoms with Crippen LogP contribution in [0.3, 0.4) is 0 Å². The number of aliphatic hydroxyl groups excluding tert-OH is 2. The summed E-state index contributed by atoms with van der Waals surface area (Å²) in [6.07, 6.45) is 0.0900. The standard InChI is InChI=1S/C12H18N2O4S/c1-12(7-15,8-16)14-10(17)4-5-13-11(18)9-3-2-6-19-9/h2-3,6,15-16H,4-5,7-8H2,1H3,(H,13,18)(H,14,17). The van der Waals surface area contributed by atoms with Crippen LogP contribution in [0.15, 0.2) is 17.5 Å². The Labute approximate surface area is 115 Å². The number of rotatable bonds is 7. The van der Waals surface area contributed by atoms with Gasteiger partial charge in [0.25, 0.3) is 5.91 Å². The van der Waals surface area contributed by atoms with Crippen molar-refractivity contribution in [2.24, 2.45) is 0 Å². The van der Waals surface area contributed by atoms with E-state index < -0.39 is 5.54 Å². The Morgan fingerprint density at radius 1 is 1.37 bits per heavy atom. The van der Waals surface area contributed by atoms with Crippen LogP contribution in [-0.2, 0) is 4.79 Å². The molecule has 2 amide bonds. The van der Waals surface area contributed by atoms with Gasteiger partial charge in [-0.1, -0.05) is 6.07 Å². The molecular formula is C12H18N2O4S. The molecule has 0 spiro atoms. The Kier molecular flexibility index (Phi) is 5.94. The smallest absolute Gasteiger partial charge is 0.261 e. The lowest BCUT2D eigenvalue weighted by molar-refractivity contribution is -0.123. The van der Waals surface area contributed by atoms with Gasteiger partial charge in [0.2, 0.25) is 5.91 Å². The first kappa shape index (κ1) is 15.6. The van der Waals surface area contributed by atoms with Gasteiger partial charge in [0.15, 0.2) is 0 Å². The summed E-state index contributed by atoms with van der Waals surface area (Å²) in [5.74, 6) is -0.549. The van der Waals surface area contributed by atoms with Crippen molar-refractivity contribution < 1.29 is 19.8 Å². The first-order valence-electron chi connectivity index (χ1n) is 5.85. The second-order valence-corrected chi connectivity index (χ2v) is 5.36. The van der Waals surface area contributed by atoms with E-state index in [2.05, 4.69) is 10.6 Å². The van der Waals surface area contributed by atoms with Gasteiger partial charge < -0.3 is 20.8 Å². The van der Waals surface area contributed by atoms with Gasteiger partial charge in [-0.2, -0.15) is 0 Å². The Hall–Kier alpha value is -1.44. The normalized spacial score (nSPS) is 11.1. The van der Waals surface area contributed by atoms with Crippen LogP contribution >= 0.6 is 11.3 Å². The number of nitrogens with one attached hydrogen (secondary N) is 2. The van der Waals surface area contributed by atoms with E-state index in [-0.39, 0.29) is 38.0 Å². The molecule has 0 unspecified atom stereocenters. The number of hydrogen-bond donors (Lipinski definition) is 4. The fraction of sp³-hybridized carbons (Fsp3) is 0.500. The van der Waals surface area contributed by atoms with Gasteiger partial charge >= 0.3 is 0 Å². The van der Waals surface area contributed by atoms with E-state index in [0.29, 0.717) is 4.88 Å².